The van der Waals surface area contributed by atoms with E-state index in [1.54, 1.807) is 40.2 Å². The normalized spacial score (nSPS) is 22.1. The molecule has 1 saturated heterocycles. The second-order valence-electron chi connectivity index (χ2n) is 11.4. The average molecular weight is 635 g/mol. The first kappa shape index (κ1) is 32.4. The van der Waals surface area contributed by atoms with E-state index >= 15 is 0 Å². The van der Waals surface area contributed by atoms with E-state index in [4.69, 9.17) is 4.74 Å². The van der Waals surface area contributed by atoms with E-state index in [0.717, 1.165) is 12.1 Å². The van der Waals surface area contributed by atoms with Crippen molar-refractivity contribution in [3.05, 3.63) is 66.2 Å². The summed E-state index contributed by atoms with van der Waals surface area (Å²) >= 11 is 0. The van der Waals surface area contributed by atoms with Crippen LogP contribution in [0.2, 0.25) is 0 Å². The minimum absolute atomic E-state index is 0.170. The van der Waals surface area contributed by atoms with Crippen LogP contribution in [0.1, 0.15) is 29.8 Å². The Kier molecular flexibility index (Phi) is 10.1. The summed E-state index contributed by atoms with van der Waals surface area (Å²) in [4.78, 5) is 61.2. The summed E-state index contributed by atoms with van der Waals surface area (Å²) in [6, 6.07) is 7.56. The molecule has 244 valence electrons. The summed E-state index contributed by atoms with van der Waals surface area (Å²) < 4.78 is 7.65. The fraction of sp³-hybridized carbons (Fsp3) is 0.419. The first-order valence-electron chi connectivity index (χ1n) is 15.1. The Hall–Kier alpha value is -5.02. The molecule has 6 rings (SSSR count). The molecular weight excluding hydrogens is 596 g/mol. The zero-order valence-corrected chi connectivity index (χ0v) is 25.6. The number of ether oxygens (including phenoxy) is 1. The van der Waals surface area contributed by atoms with Gasteiger partial charge < -0.3 is 35.8 Å². The Labute approximate surface area is 265 Å². The van der Waals surface area contributed by atoms with E-state index in [0.29, 0.717) is 38.5 Å². The van der Waals surface area contributed by atoms with Gasteiger partial charge >= 0.3 is 0 Å². The van der Waals surface area contributed by atoms with E-state index < -0.39 is 42.0 Å². The Morgan fingerprint density at radius 3 is 2.37 bits per heavy atom. The predicted octanol–water partition coefficient (Wildman–Crippen LogP) is -0.355. The maximum atomic E-state index is 13.8. The van der Waals surface area contributed by atoms with Crippen molar-refractivity contribution in [2.45, 2.75) is 51.0 Å². The smallest absolute Gasteiger partial charge is 0.255 e. The summed E-state index contributed by atoms with van der Waals surface area (Å²) in [6.45, 7) is 6.48. The minimum Gasteiger partial charge on any atom is -0.507 e. The fourth-order valence-corrected chi connectivity index (χ4v) is 5.32. The van der Waals surface area contributed by atoms with Crippen molar-refractivity contribution in [2.75, 3.05) is 32.7 Å². The summed E-state index contributed by atoms with van der Waals surface area (Å²) in [5, 5.41) is 32.5. The zero-order chi connectivity index (χ0) is 32.8. The number of phenols is 1. The number of phenolic OH excluding ortho intramolecular Hbond substituents is 1. The summed E-state index contributed by atoms with van der Waals surface area (Å²) in [6.07, 6.45) is 2.00. The van der Waals surface area contributed by atoms with Crippen LogP contribution in [-0.4, -0.2) is 115 Å². The summed E-state index contributed by atoms with van der Waals surface area (Å²) in [5.41, 5.74) is 0.590. The van der Waals surface area contributed by atoms with Gasteiger partial charge in [-0.25, -0.2) is 4.98 Å². The van der Waals surface area contributed by atoms with Crippen LogP contribution in [0.25, 0.3) is 0 Å². The van der Waals surface area contributed by atoms with Gasteiger partial charge in [0.25, 0.3) is 5.91 Å². The van der Waals surface area contributed by atoms with Crippen LogP contribution in [0.5, 0.6) is 17.2 Å². The van der Waals surface area contributed by atoms with Crippen LogP contribution in [0.15, 0.2) is 55.1 Å². The first-order valence-corrected chi connectivity index (χ1v) is 15.1. The van der Waals surface area contributed by atoms with Gasteiger partial charge in [-0.3, -0.25) is 28.8 Å². The lowest BCUT2D eigenvalue weighted by molar-refractivity contribution is -0.138. The van der Waals surface area contributed by atoms with E-state index in [1.807, 2.05) is 0 Å². The van der Waals surface area contributed by atoms with Gasteiger partial charge in [-0.15, -0.1) is 0 Å². The van der Waals surface area contributed by atoms with Gasteiger partial charge in [-0.2, -0.15) is 5.10 Å². The molecule has 3 aromatic rings. The van der Waals surface area contributed by atoms with E-state index in [1.165, 1.54) is 38.4 Å². The fourth-order valence-electron chi connectivity index (χ4n) is 5.32. The van der Waals surface area contributed by atoms with Crippen molar-refractivity contribution in [1.29, 1.82) is 0 Å². The number of nitrogens with zero attached hydrogens (tertiary/aromatic N) is 5. The molecule has 1 aromatic heterocycles. The molecule has 4 bridgehead atoms. The van der Waals surface area contributed by atoms with Gasteiger partial charge in [0.2, 0.25) is 17.7 Å². The third-order valence-corrected chi connectivity index (χ3v) is 8.03. The maximum absolute atomic E-state index is 13.8. The number of carbonyl (C=O) groups excluding carboxylic acids is 4. The molecule has 4 amide bonds. The quantitative estimate of drug-likeness (QED) is 0.232. The van der Waals surface area contributed by atoms with Gasteiger partial charge in [0.05, 0.1) is 18.2 Å². The molecule has 3 aliphatic heterocycles. The summed E-state index contributed by atoms with van der Waals surface area (Å²) in [7, 11) is 0. The van der Waals surface area contributed by atoms with Gasteiger partial charge in [0.1, 0.15) is 48.0 Å². The van der Waals surface area contributed by atoms with Crippen LogP contribution in [0.3, 0.4) is 0 Å². The van der Waals surface area contributed by atoms with Crippen LogP contribution < -0.4 is 20.7 Å². The predicted molar refractivity (Wildman–Crippen MR) is 164 cm³/mol. The molecule has 0 radical (unpaired) electrons. The lowest BCUT2D eigenvalue weighted by Gasteiger charge is -2.36. The van der Waals surface area contributed by atoms with Crippen LogP contribution in [-0.2, 0) is 27.3 Å². The van der Waals surface area contributed by atoms with Crippen molar-refractivity contribution in [3.63, 3.8) is 0 Å². The Bertz CT molecular complexity index is 1540. The average Bonchev–Trinajstić information content (AvgIpc) is 3.57. The largest absolute Gasteiger partial charge is 0.507 e. The highest BCUT2D eigenvalue weighted by atomic mass is 16.5. The van der Waals surface area contributed by atoms with Crippen LogP contribution >= 0.6 is 0 Å². The maximum Gasteiger partial charge on any atom is 0.255 e. The highest BCUT2D eigenvalue weighted by Crippen LogP contribution is 2.28. The van der Waals surface area contributed by atoms with E-state index in [-0.39, 0.29) is 29.4 Å². The molecule has 5 N–H and O–H groups in total. The number of aliphatic hydroxyl groups is 1. The number of aromatic nitrogens is 3. The molecule has 15 nitrogen and oxygen atoms in total. The molecule has 3 aliphatic rings. The summed E-state index contributed by atoms with van der Waals surface area (Å²) in [5.74, 6) is -2.17. The van der Waals surface area contributed by atoms with Crippen molar-refractivity contribution < 1.29 is 34.1 Å². The number of rotatable bonds is 5. The molecule has 4 heterocycles. The molecular formula is C31H38N8O7. The van der Waals surface area contributed by atoms with Crippen molar-refractivity contribution in [3.8, 4) is 17.2 Å². The number of aromatic hydroxyl groups is 1. The van der Waals surface area contributed by atoms with Gasteiger partial charge in [0, 0.05) is 39.1 Å². The second kappa shape index (κ2) is 14.4. The second-order valence-corrected chi connectivity index (χ2v) is 11.4. The highest BCUT2D eigenvalue weighted by Gasteiger charge is 2.33. The monoisotopic (exact) mass is 634 g/mol. The molecule has 0 saturated carbocycles. The Morgan fingerprint density at radius 2 is 1.70 bits per heavy atom. The van der Waals surface area contributed by atoms with Gasteiger partial charge in [-0.1, -0.05) is 12.1 Å². The molecule has 0 spiro atoms. The molecule has 1 fully saturated rings. The number of piperazine rings is 1. The highest BCUT2D eigenvalue weighted by molar-refractivity contribution is 6.01. The molecule has 46 heavy (non-hydrogen) atoms. The Balaban J connectivity index is 1.35. The molecule has 0 unspecified atom stereocenters. The number of amides is 4. The zero-order valence-electron chi connectivity index (χ0n) is 25.6. The molecule has 15 heteroatoms. The van der Waals surface area contributed by atoms with E-state index in [9.17, 15) is 29.4 Å². The molecule has 4 atom stereocenters. The number of fused-ring (bicyclic) bond motifs is 11. The SMILES string of the molecule is C[C@@H]1NC(=O)[C@H]([C@@H](C)O)NC(=O)c2cc(ccc2O)Oc2ccc(cc2)C[C@@H](C(=O)N2CCN(CCn3cncn3)CC2)NC1=O. The third-order valence-electron chi connectivity index (χ3n) is 8.03. The lowest BCUT2D eigenvalue weighted by Crippen LogP contribution is -2.59. The van der Waals surface area contributed by atoms with Crippen molar-refractivity contribution >= 4 is 23.6 Å². The van der Waals surface area contributed by atoms with Gasteiger partial charge in [-0.05, 0) is 49.7 Å². The number of hydrogen-bond acceptors (Lipinski definition) is 10. The number of benzene rings is 2. The lowest BCUT2D eigenvalue weighted by atomic mass is 10.0. The topological polar surface area (TPSA) is 191 Å². The molecule has 2 aromatic carbocycles. The van der Waals surface area contributed by atoms with Crippen molar-refractivity contribution in [2.24, 2.45) is 0 Å². The van der Waals surface area contributed by atoms with E-state index in [2.05, 4.69) is 30.9 Å². The Morgan fingerprint density at radius 1 is 0.978 bits per heavy atom. The number of carbonyl (C=O) groups is 4. The van der Waals surface area contributed by atoms with Crippen LogP contribution in [0, 0.1) is 0 Å². The van der Waals surface area contributed by atoms with Gasteiger partial charge in [0.15, 0.2) is 0 Å². The minimum atomic E-state index is -1.45. The standard InChI is InChI=1S/C31H38N8O7/c1-19-28(42)35-25(31(45)38-12-9-37(10-13-38)11-14-39-18-32-17-33-39)15-21-3-5-22(6-4-21)46-23-7-8-26(41)24(16-23)29(43)36-27(20(2)40)30(44)34-19/h3-8,16-20,25,27,40-41H,9-15H2,1-2H3,(H,34,44)(H,35,42)(H,36,43)/t19-,20+,25-,27-/m0/s1. The number of aliphatic hydroxyl groups excluding tert-OH is 1. The number of nitrogens with one attached hydrogen (secondary N) is 3. The van der Waals surface area contributed by atoms with Crippen LogP contribution in [0.4, 0.5) is 0 Å². The third kappa shape index (κ3) is 7.97. The van der Waals surface area contributed by atoms with Crippen molar-refractivity contribution in [1.82, 2.24) is 40.5 Å². The number of hydrogen-bond donors (Lipinski definition) is 5. The molecule has 0 aliphatic carbocycles. The first-order chi connectivity index (χ1) is 22.1.